The van der Waals surface area contributed by atoms with Gasteiger partial charge in [0.2, 0.25) is 0 Å². The van der Waals surface area contributed by atoms with Gasteiger partial charge in [-0.1, -0.05) is 31.2 Å². The number of carbonyl (C=O) groups is 1. The maximum atomic E-state index is 12.5. The molecule has 0 unspecified atom stereocenters. The van der Waals surface area contributed by atoms with E-state index in [2.05, 4.69) is 19.1 Å². The molecule has 0 saturated carbocycles. The van der Waals surface area contributed by atoms with Gasteiger partial charge in [0.05, 0.1) is 17.9 Å². The van der Waals surface area contributed by atoms with E-state index in [0.717, 1.165) is 24.2 Å². The van der Waals surface area contributed by atoms with Crippen molar-refractivity contribution in [1.29, 1.82) is 0 Å². The maximum absolute atomic E-state index is 12.5. The molecule has 4 atom stereocenters. The monoisotopic (exact) mass is 455 g/mol. The molecule has 2 aliphatic heterocycles. The Labute approximate surface area is 190 Å². The summed E-state index contributed by atoms with van der Waals surface area (Å²) in [6.07, 6.45) is 2.30. The molecule has 0 aromatic heterocycles. The Morgan fingerprint density at radius 3 is 2.47 bits per heavy atom. The number of aliphatic hydroxyl groups is 1. The SMILES string of the molecule is C[C@@H]1[C@@H]([Si](C)(C)O)[C@H](CCO)O[C@@H]1CCc1ccc(N2C(=O)COc3ccccc32)cc1. The molecule has 1 amide bonds. The van der Waals surface area contributed by atoms with E-state index in [9.17, 15) is 14.7 Å². The van der Waals surface area contributed by atoms with Crippen molar-refractivity contribution in [1.82, 2.24) is 0 Å². The van der Waals surface area contributed by atoms with Crippen molar-refractivity contribution >= 4 is 25.6 Å². The summed E-state index contributed by atoms with van der Waals surface area (Å²) in [6, 6.07) is 15.7. The highest BCUT2D eigenvalue weighted by atomic mass is 28.4. The summed E-state index contributed by atoms with van der Waals surface area (Å²) >= 11 is 0. The highest BCUT2D eigenvalue weighted by Gasteiger charge is 2.49. The first-order valence-electron chi connectivity index (χ1n) is 11.4. The Hall–Kier alpha value is -2.19. The minimum absolute atomic E-state index is 0.0381. The van der Waals surface area contributed by atoms with Crippen molar-refractivity contribution in [3.05, 3.63) is 54.1 Å². The normalized spacial score (nSPS) is 25.5. The summed E-state index contributed by atoms with van der Waals surface area (Å²) in [4.78, 5) is 25.0. The number of benzene rings is 2. The summed E-state index contributed by atoms with van der Waals surface area (Å²) in [7, 11) is -2.38. The minimum Gasteiger partial charge on any atom is -0.482 e. The molecule has 2 aliphatic rings. The number of hydrogen-bond donors (Lipinski definition) is 2. The fourth-order valence-electron chi connectivity index (χ4n) is 5.31. The van der Waals surface area contributed by atoms with Crippen LogP contribution in [0.15, 0.2) is 48.5 Å². The Balaban J connectivity index is 1.43. The number of aliphatic hydroxyl groups excluding tert-OH is 1. The molecule has 2 aromatic rings. The van der Waals surface area contributed by atoms with Gasteiger partial charge in [-0.2, -0.15) is 0 Å². The average Bonchev–Trinajstić information content (AvgIpc) is 3.08. The molecule has 0 bridgehead atoms. The second-order valence-electron chi connectivity index (χ2n) is 9.45. The van der Waals surface area contributed by atoms with E-state index in [4.69, 9.17) is 9.47 Å². The highest BCUT2D eigenvalue weighted by molar-refractivity contribution is 6.71. The Bertz CT molecular complexity index is 942. The summed E-state index contributed by atoms with van der Waals surface area (Å²) in [6.45, 7) is 6.22. The molecule has 0 aliphatic carbocycles. The van der Waals surface area contributed by atoms with Crippen LogP contribution in [0.4, 0.5) is 11.4 Å². The molecule has 1 fully saturated rings. The van der Waals surface area contributed by atoms with Crippen LogP contribution in [0.1, 0.15) is 25.3 Å². The predicted molar refractivity (Wildman–Crippen MR) is 127 cm³/mol. The molecule has 0 spiro atoms. The van der Waals surface area contributed by atoms with E-state index in [0.29, 0.717) is 12.2 Å². The number of ether oxygens (including phenoxy) is 2. The van der Waals surface area contributed by atoms with Gasteiger partial charge in [-0.15, -0.1) is 0 Å². The van der Waals surface area contributed by atoms with Crippen molar-refractivity contribution < 1.29 is 24.2 Å². The number of hydrogen-bond acceptors (Lipinski definition) is 5. The fourth-order valence-corrected chi connectivity index (χ4v) is 7.97. The number of para-hydroxylation sites is 2. The lowest BCUT2D eigenvalue weighted by molar-refractivity contribution is -0.120. The van der Waals surface area contributed by atoms with Gasteiger partial charge in [-0.05, 0) is 68.1 Å². The van der Waals surface area contributed by atoms with E-state index in [-0.39, 0.29) is 42.8 Å². The molecule has 2 aromatic carbocycles. The van der Waals surface area contributed by atoms with Crippen LogP contribution >= 0.6 is 0 Å². The van der Waals surface area contributed by atoms with Crippen molar-refractivity contribution in [3.63, 3.8) is 0 Å². The van der Waals surface area contributed by atoms with Crippen molar-refractivity contribution in [2.45, 2.75) is 57.0 Å². The lowest BCUT2D eigenvalue weighted by Gasteiger charge is -2.30. The Morgan fingerprint density at radius 2 is 1.78 bits per heavy atom. The quantitative estimate of drug-likeness (QED) is 0.616. The number of fused-ring (bicyclic) bond motifs is 1. The lowest BCUT2D eigenvalue weighted by atomic mass is 9.95. The number of amides is 1. The van der Waals surface area contributed by atoms with Gasteiger partial charge in [0.1, 0.15) is 5.75 Å². The molecule has 6 nitrogen and oxygen atoms in total. The standard InChI is InChI=1S/C25H33NO5Si/c1-17-21(31-23(14-15-27)25(17)32(2,3)29)13-10-18-8-11-19(12-9-18)26-20-6-4-5-7-22(20)30-16-24(26)28/h4-9,11-12,17,21,23,25,27,29H,10,13-16H2,1-3H3/t17-,21+,23-,25+/m0/s1. The van der Waals surface area contributed by atoms with Crippen LogP contribution in [-0.2, 0) is 16.0 Å². The molecule has 32 heavy (non-hydrogen) atoms. The van der Waals surface area contributed by atoms with E-state index >= 15 is 0 Å². The lowest BCUT2D eigenvalue weighted by Crippen LogP contribution is -2.40. The largest absolute Gasteiger partial charge is 0.482 e. The number of anilines is 2. The van der Waals surface area contributed by atoms with Gasteiger partial charge >= 0.3 is 0 Å². The Kier molecular flexibility index (Phi) is 6.72. The van der Waals surface area contributed by atoms with Crippen molar-refractivity contribution in [3.8, 4) is 5.75 Å². The fraction of sp³-hybridized carbons (Fsp3) is 0.480. The van der Waals surface area contributed by atoms with Gasteiger partial charge in [0, 0.05) is 17.8 Å². The zero-order valence-corrected chi connectivity index (χ0v) is 20.0. The van der Waals surface area contributed by atoms with Crippen molar-refractivity contribution in [2.24, 2.45) is 5.92 Å². The molecule has 1 saturated heterocycles. The molecule has 2 heterocycles. The molecule has 172 valence electrons. The first-order chi connectivity index (χ1) is 15.3. The van der Waals surface area contributed by atoms with Gasteiger partial charge in [-0.3, -0.25) is 9.69 Å². The zero-order chi connectivity index (χ0) is 22.9. The van der Waals surface area contributed by atoms with Crippen LogP contribution in [0.25, 0.3) is 0 Å². The second kappa shape index (κ2) is 9.35. The number of rotatable bonds is 7. The molecule has 0 radical (unpaired) electrons. The molecule has 2 N–H and O–H groups in total. The first kappa shape index (κ1) is 23.0. The number of carbonyl (C=O) groups excluding carboxylic acids is 1. The van der Waals surface area contributed by atoms with E-state index in [1.165, 1.54) is 5.56 Å². The number of nitrogens with zero attached hydrogens (tertiary/aromatic N) is 1. The van der Waals surface area contributed by atoms with Crippen LogP contribution in [0.3, 0.4) is 0 Å². The van der Waals surface area contributed by atoms with Crippen LogP contribution < -0.4 is 9.64 Å². The van der Waals surface area contributed by atoms with Crippen molar-refractivity contribution in [2.75, 3.05) is 18.1 Å². The smallest absolute Gasteiger partial charge is 0.269 e. The van der Waals surface area contributed by atoms with Crippen LogP contribution in [0, 0.1) is 5.92 Å². The summed E-state index contributed by atoms with van der Waals surface area (Å²) in [5.74, 6) is 0.896. The van der Waals surface area contributed by atoms with Gasteiger partial charge in [0.25, 0.3) is 5.91 Å². The van der Waals surface area contributed by atoms with Gasteiger partial charge in [0.15, 0.2) is 14.9 Å². The molecular formula is C25H33NO5Si. The van der Waals surface area contributed by atoms with E-state index in [1.54, 1.807) is 4.90 Å². The minimum atomic E-state index is -2.38. The summed E-state index contributed by atoms with van der Waals surface area (Å²) in [5.41, 5.74) is 2.91. The van der Waals surface area contributed by atoms with E-state index < -0.39 is 8.32 Å². The first-order valence-corrected chi connectivity index (χ1v) is 14.4. The van der Waals surface area contributed by atoms with Crippen LogP contribution in [0.5, 0.6) is 5.75 Å². The topological polar surface area (TPSA) is 79.2 Å². The van der Waals surface area contributed by atoms with Crippen LogP contribution in [0.2, 0.25) is 18.6 Å². The summed E-state index contributed by atoms with van der Waals surface area (Å²) in [5, 5.41) is 9.42. The highest BCUT2D eigenvalue weighted by Crippen LogP contribution is 2.45. The second-order valence-corrected chi connectivity index (χ2v) is 13.4. The van der Waals surface area contributed by atoms with Crippen LogP contribution in [-0.4, -0.2) is 49.5 Å². The third kappa shape index (κ3) is 4.61. The number of aryl methyl sites for hydroxylation is 1. The molecular weight excluding hydrogens is 422 g/mol. The maximum Gasteiger partial charge on any atom is 0.269 e. The molecule has 7 heteroatoms. The zero-order valence-electron chi connectivity index (χ0n) is 19.0. The third-order valence-corrected chi connectivity index (χ3v) is 9.28. The predicted octanol–water partition coefficient (Wildman–Crippen LogP) is 4.03. The Morgan fingerprint density at radius 1 is 1.06 bits per heavy atom. The summed E-state index contributed by atoms with van der Waals surface area (Å²) < 4.78 is 11.8. The average molecular weight is 456 g/mol. The van der Waals surface area contributed by atoms with E-state index in [1.807, 2.05) is 49.5 Å². The molecule has 4 rings (SSSR count). The van der Waals surface area contributed by atoms with Gasteiger partial charge in [-0.25, -0.2) is 0 Å². The van der Waals surface area contributed by atoms with Gasteiger partial charge < -0.3 is 19.4 Å². The third-order valence-electron chi connectivity index (χ3n) is 6.75.